The molecule has 1 saturated carbocycles. The number of nitriles is 1. The summed E-state index contributed by atoms with van der Waals surface area (Å²) in [5.41, 5.74) is 2.85. The molecule has 1 aromatic carbocycles. The summed E-state index contributed by atoms with van der Waals surface area (Å²) >= 11 is 0. The van der Waals surface area contributed by atoms with Crippen LogP contribution >= 0.6 is 0 Å². The molecule has 2 N–H and O–H groups in total. The highest BCUT2D eigenvalue weighted by Gasteiger charge is 2.42. The highest BCUT2D eigenvalue weighted by molar-refractivity contribution is 5.94. The fraction of sp³-hybridized carbons (Fsp3) is 0.304. The van der Waals surface area contributed by atoms with Crippen molar-refractivity contribution in [1.29, 1.82) is 5.26 Å². The van der Waals surface area contributed by atoms with E-state index in [1.54, 1.807) is 43.6 Å². The van der Waals surface area contributed by atoms with Gasteiger partial charge in [0.05, 0.1) is 29.4 Å². The van der Waals surface area contributed by atoms with Crippen molar-refractivity contribution in [1.82, 2.24) is 20.1 Å². The first-order valence-electron chi connectivity index (χ1n) is 10.0. The molecular formula is C23H23N5O3. The molecule has 2 heterocycles. The SMILES string of the molecule is COCC1(CNC(=O)c2ccc(-n3[nH]cc(-c4ccc(C#N)cc4C)c3=O)nc2)CC1. The van der Waals surface area contributed by atoms with Crippen molar-refractivity contribution in [3.8, 4) is 23.0 Å². The zero-order chi connectivity index (χ0) is 22.0. The maximum absolute atomic E-state index is 12.9. The lowest BCUT2D eigenvalue weighted by atomic mass is 10.0. The van der Waals surface area contributed by atoms with Gasteiger partial charge in [0, 0.05) is 31.5 Å². The lowest BCUT2D eigenvalue weighted by molar-refractivity contribution is 0.0919. The van der Waals surface area contributed by atoms with Crippen molar-refractivity contribution < 1.29 is 9.53 Å². The number of nitrogens with zero attached hydrogens (tertiary/aromatic N) is 3. The van der Waals surface area contributed by atoms with Crippen molar-refractivity contribution in [3.63, 3.8) is 0 Å². The van der Waals surface area contributed by atoms with Crippen LogP contribution in [0.1, 0.15) is 34.3 Å². The molecule has 8 nitrogen and oxygen atoms in total. The molecule has 0 radical (unpaired) electrons. The third-order valence-corrected chi connectivity index (χ3v) is 5.69. The number of H-pyrrole nitrogens is 1. The standard InChI is InChI=1S/C23H23N5O3/c1-15-9-16(10-24)3-5-18(15)19-12-27-28(22(19)30)20-6-4-17(11-25-20)21(29)26-13-23(7-8-23)14-31-2/h3-6,9,11-12,27H,7-8,13-14H2,1-2H3,(H,26,29). The topological polar surface area (TPSA) is 113 Å². The van der Waals surface area contributed by atoms with Crippen molar-refractivity contribution in [2.24, 2.45) is 5.41 Å². The molecule has 3 aromatic rings. The number of ether oxygens (including phenoxy) is 1. The Morgan fingerprint density at radius 1 is 1.32 bits per heavy atom. The molecule has 0 unspecified atom stereocenters. The van der Waals surface area contributed by atoms with Crippen molar-refractivity contribution in [2.75, 3.05) is 20.3 Å². The molecule has 4 rings (SSSR count). The van der Waals surface area contributed by atoms with Gasteiger partial charge in [0.25, 0.3) is 11.5 Å². The second kappa shape index (κ2) is 8.20. The lowest BCUT2D eigenvalue weighted by Gasteiger charge is -2.14. The summed E-state index contributed by atoms with van der Waals surface area (Å²) in [7, 11) is 1.67. The molecule has 8 heteroatoms. The number of methoxy groups -OCH3 is 1. The van der Waals surface area contributed by atoms with Crippen LogP contribution in [0.25, 0.3) is 16.9 Å². The van der Waals surface area contributed by atoms with Crippen LogP contribution in [-0.2, 0) is 4.74 Å². The van der Waals surface area contributed by atoms with E-state index in [2.05, 4.69) is 21.5 Å². The summed E-state index contributed by atoms with van der Waals surface area (Å²) in [5, 5.41) is 14.9. The first kappa shape index (κ1) is 20.6. The van der Waals surface area contributed by atoms with Crippen LogP contribution in [0.3, 0.4) is 0 Å². The Balaban J connectivity index is 1.50. The van der Waals surface area contributed by atoms with Gasteiger partial charge in [-0.1, -0.05) is 6.07 Å². The highest BCUT2D eigenvalue weighted by Crippen LogP contribution is 2.45. The summed E-state index contributed by atoms with van der Waals surface area (Å²) < 4.78 is 6.55. The fourth-order valence-corrected chi connectivity index (χ4v) is 3.65. The molecule has 0 saturated heterocycles. The van der Waals surface area contributed by atoms with Gasteiger partial charge >= 0.3 is 0 Å². The van der Waals surface area contributed by atoms with E-state index in [9.17, 15) is 9.59 Å². The number of nitrogens with one attached hydrogen (secondary N) is 2. The van der Waals surface area contributed by atoms with E-state index in [-0.39, 0.29) is 16.9 Å². The zero-order valence-electron chi connectivity index (χ0n) is 17.4. The van der Waals surface area contributed by atoms with Gasteiger partial charge in [-0.05, 0) is 55.2 Å². The maximum Gasteiger partial charge on any atom is 0.280 e. The van der Waals surface area contributed by atoms with Crippen LogP contribution in [0.5, 0.6) is 0 Å². The average Bonchev–Trinajstić information content (AvgIpc) is 3.45. The molecule has 1 aliphatic rings. The van der Waals surface area contributed by atoms with Crippen LogP contribution in [0.4, 0.5) is 0 Å². The number of aryl methyl sites for hydroxylation is 1. The van der Waals surface area contributed by atoms with Gasteiger partial charge in [0.2, 0.25) is 0 Å². The highest BCUT2D eigenvalue weighted by atomic mass is 16.5. The predicted octanol–water partition coefficient (Wildman–Crippen LogP) is 2.56. The summed E-state index contributed by atoms with van der Waals surface area (Å²) in [6.07, 6.45) is 5.18. The van der Waals surface area contributed by atoms with Gasteiger partial charge in [-0.2, -0.15) is 5.26 Å². The van der Waals surface area contributed by atoms with Gasteiger partial charge in [0.15, 0.2) is 5.82 Å². The van der Waals surface area contributed by atoms with Gasteiger partial charge in [-0.25, -0.2) is 9.67 Å². The van der Waals surface area contributed by atoms with Crippen molar-refractivity contribution >= 4 is 5.91 Å². The Hall–Kier alpha value is -3.70. The van der Waals surface area contributed by atoms with Gasteiger partial charge in [-0.15, -0.1) is 0 Å². The smallest absolute Gasteiger partial charge is 0.280 e. The molecule has 0 aliphatic heterocycles. The first-order chi connectivity index (χ1) is 15.0. The molecule has 31 heavy (non-hydrogen) atoms. The summed E-state index contributed by atoms with van der Waals surface area (Å²) in [5.74, 6) is 0.186. The number of rotatable bonds is 7. The van der Waals surface area contributed by atoms with E-state index >= 15 is 0 Å². The molecule has 158 valence electrons. The number of amides is 1. The Kier molecular flexibility index (Phi) is 5.44. The summed E-state index contributed by atoms with van der Waals surface area (Å²) in [4.78, 5) is 29.6. The third kappa shape index (κ3) is 4.13. The van der Waals surface area contributed by atoms with Crippen LogP contribution in [0, 0.1) is 23.7 Å². The number of aromatic nitrogens is 3. The third-order valence-electron chi connectivity index (χ3n) is 5.69. The first-order valence-corrected chi connectivity index (χ1v) is 10.0. The Morgan fingerprint density at radius 3 is 2.74 bits per heavy atom. The van der Waals surface area contributed by atoms with Crippen molar-refractivity contribution in [2.45, 2.75) is 19.8 Å². The maximum atomic E-state index is 12.9. The molecule has 0 atom stereocenters. The number of hydrogen-bond acceptors (Lipinski definition) is 5. The number of hydrogen-bond donors (Lipinski definition) is 2. The molecular weight excluding hydrogens is 394 g/mol. The van der Waals surface area contributed by atoms with E-state index in [1.807, 2.05) is 6.92 Å². The Morgan fingerprint density at radius 2 is 2.13 bits per heavy atom. The number of carbonyl (C=O) groups is 1. The van der Waals surface area contributed by atoms with E-state index < -0.39 is 0 Å². The summed E-state index contributed by atoms with van der Waals surface area (Å²) in [6.45, 7) is 3.07. The molecule has 1 amide bonds. The second-order valence-electron chi connectivity index (χ2n) is 7.99. The van der Waals surface area contributed by atoms with Gasteiger partial charge in [-0.3, -0.25) is 14.7 Å². The van der Waals surface area contributed by atoms with Crippen molar-refractivity contribution in [3.05, 3.63) is 69.8 Å². The Bertz CT molecular complexity index is 1210. The van der Waals surface area contributed by atoms with Crippen LogP contribution in [0.2, 0.25) is 0 Å². The lowest BCUT2D eigenvalue weighted by Crippen LogP contribution is -2.32. The zero-order valence-corrected chi connectivity index (χ0v) is 17.4. The second-order valence-corrected chi connectivity index (χ2v) is 7.99. The number of pyridine rings is 1. The van der Waals surface area contributed by atoms with E-state index in [4.69, 9.17) is 10.00 Å². The van der Waals surface area contributed by atoms with E-state index in [1.165, 1.54) is 10.9 Å². The van der Waals surface area contributed by atoms with Crippen LogP contribution < -0.4 is 10.9 Å². The normalized spacial score (nSPS) is 14.1. The Labute approximate surface area is 179 Å². The minimum absolute atomic E-state index is 0.0648. The minimum Gasteiger partial charge on any atom is -0.384 e. The number of carbonyl (C=O) groups excluding carboxylic acids is 1. The molecule has 0 spiro atoms. The average molecular weight is 417 g/mol. The van der Waals surface area contributed by atoms with Gasteiger partial charge < -0.3 is 10.1 Å². The molecule has 2 aromatic heterocycles. The predicted molar refractivity (Wildman–Crippen MR) is 115 cm³/mol. The largest absolute Gasteiger partial charge is 0.384 e. The number of benzene rings is 1. The van der Waals surface area contributed by atoms with E-state index in [0.717, 1.165) is 24.0 Å². The quantitative estimate of drug-likeness (QED) is 0.613. The number of aromatic amines is 1. The van der Waals surface area contributed by atoms with Crippen LogP contribution in [-0.4, -0.2) is 40.9 Å². The van der Waals surface area contributed by atoms with E-state index in [0.29, 0.717) is 35.7 Å². The molecule has 1 fully saturated rings. The van der Waals surface area contributed by atoms with Gasteiger partial charge in [0.1, 0.15) is 0 Å². The minimum atomic E-state index is -0.257. The summed E-state index contributed by atoms with van der Waals surface area (Å²) in [6, 6.07) is 10.6. The molecule has 1 aliphatic carbocycles. The van der Waals surface area contributed by atoms with Crippen LogP contribution in [0.15, 0.2) is 47.5 Å². The fourth-order valence-electron chi connectivity index (χ4n) is 3.65. The molecule has 0 bridgehead atoms. The monoisotopic (exact) mass is 417 g/mol.